The van der Waals surface area contributed by atoms with E-state index < -0.39 is 11.5 Å². The molecule has 0 bridgehead atoms. The standard InChI is InChI=1S/C40H43N3O5/c1-42-21-22-43-34-24-29(39(47)41-40(19-6-20-40)35(44)23-27-11-9-26(10-12-27)13-18-36(45)46)14-16-31(34)37(28-7-4-3-5-8-28)38(43)32-17-15-30(48-2)25-33(32)42/h9-18,24-25,28H,3-8,19-23H2,1-2H3,(H,41,47)(H,45,46)/b18-13+. The fourth-order valence-corrected chi connectivity index (χ4v) is 7.93. The molecule has 8 heteroatoms. The van der Waals surface area contributed by atoms with Gasteiger partial charge in [0, 0.05) is 66.4 Å². The van der Waals surface area contributed by atoms with Gasteiger partial charge < -0.3 is 24.6 Å². The Morgan fingerprint density at radius 2 is 1.73 bits per heavy atom. The Bertz CT molecular complexity index is 1910. The van der Waals surface area contributed by atoms with E-state index in [1.807, 2.05) is 30.3 Å². The average molecular weight is 646 g/mol. The van der Waals surface area contributed by atoms with Gasteiger partial charge >= 0.3 is 5.97 Å². The first kappa shape index (κ1) is 31.7. The molecule has 48 heavy (non-hydrogen) atoms. The first-order chi connectivity index (χ1) is 23.3. The van der Waals surface area contributed by atoms with Crippen molar-refractivity contribution in [1.29, 1.82) is 0 Å². The number of Topliss-reactive ketones (excluding diaryl/α,β-unsaturated/α-hetero) is 1. The van der Waals surface area contributed by atoms with Gasteiger partial charge in [0.25, 0.3) is 5.91 Å². The van der Waals surface area contributed by atoms with Gasteiger partial charge in [-0.25, -0.2) is 4.79 Å². The first-order valence-corrected chi connectivity index (χ1v) is 17.2. The van der Waals surface area contributed by atoms with E-state index in [2.05, 4.69) is 40.0 Å². The molecule has 7 rings (SSSR count). The number of carbonyl (C=O) groups excluding carboxylic acids is 2. The van der Waals surface area contributed by atoms with Gasteiger partial charge in [0.1, 0.15) is 5.75 Å². The lowest BCUT2D eigenvalue weighted by atomic mass is 9.72. The minimum atomic E-state index is -1.01. The highest BCUT2D eigenvalue weighted by Gasteiger charge is 2.45. The number of ketones is 1. The van der Waals surface area contributed by atoms with Crippen molar-refractivity contribution in [2.24, 2.45) is 0 Å². The number of anilines is 1. The van der Waals surface area contributed by atoms with E-state index in [1.165, 1.54) is 60.4 Å². The molecule has 1 amide bonds. The van der Waals surface area contributed by atoms with Crippen LogP contribution < -0.4 is 15.0 Å². The van der Waals surface area contributed by atoms with Crippen molar-refractivity contribution in [1.82, 2.24) is 9.88 Å². The van der Waals surface area contributed by atoms with E-state index in [-0.39, 0.29) is 18.1 Å². The third-order valence-corrected chi connectivity index (χ3v) is 10.8. The number of methoxy groups -OCH3 is 1. The zero-order chi connectivity index (χ0) is 33.4. The van der Waals surface area contributed by atoms with E-state index in [0.717, 1.165) is 53.7 Å². The molecule has 2 saturated carbocycles. The van der Waals surface area contributed by atoms with Crippen molar-refractivity contribution in [3.8, 4) is 17.0 Å². The molecule has 1 aromatic heterocycles. The summed E-state index contributed by atoms with van der Waals surface area (Å²) in [5.41, 5.74) is 7.36. The average Bonchev–Trinajstić information content (AvgIpc) is 3.33. The molecule has 3 aromatic carbocycles. The highest BCUT2D eigenvalue weighted by molar-refractivity contribution is 6.04. The Kier molecular flexibility index (Phi) is 8.58. The summed E-state index contributed by atoms with van der Waals surface area (Å²) in [5.74, 6) is 0.0846. The molecule has 4 aromatic rings. The number of carboxylic acid groups (broad SMARTS) is 1. The number of aliphatic carboxylic acids is 1. The molecule has 8 nitrogen and oxygen atoms in total. The summed E-state index contributed by atoms with van der Waals surface area (Å²) in [6.45, 7) is 1.62. The number of fused-ring (bicyclic) bond motifs is 5. The van der Waals surface area contributed by atoms with Crippen LogP contribution in [0.4, 0.5) is 5.69 Å². The Hall–Kier alpha value is -4.85. The Morgan fingerprint density at radius 1 is 0.958 bits per heavy atom. The van der Waals surface area contributed by atoms with Gasteiger partial charge in [-0.3, -0.25) is 9.59 Å². The highest BCUT2D eigenvalue weighted by atomic mass is 16.5. The second kappa shape index (κ2) is 13.0. The van der Waals surface area contributed by atoms with E-state index in [0.29, 0.717) is 24.3 Å². The third-order valence-electron chi connectivity index (χ3n) is 10.8. The predicted octanol–water partition coefficient (Wildman–Crippen LogP) is 7.38. The molecule has 0 atom stereocenters. The van der Waals surface area contributed by atoms with Crippen LogP contribution in [0.3, 0.4) is 0 Å². The number of likely N-dealkylation sites (N-methyl/N-ethyl adjacent to an activating group) is 1. The summed E-state index contributed by atoms with van der Waals surface area (Å²) >= 11 is 0. The lowest BCUT2D eigenvalue weighted by Crippen LogP contribution is -2.59. The van der Waals surface area contributed by atoms with Crippen LogP contribution in [-0.2, 0) is 22.6 Å². The highest BCUT2D eigenvalue weighted by Crippen LogP contribution is 2.48. The van der Waals surface area contributed by atoms with Gasteiger partial charge in [-0.05, 0) is 85.1 Å². The molecule has 2 aliphatic carbocycles. The number of aromatic nitrogens is 1. The van der Waals surface area contributed by atoms with Crippen LogP contribution in [0.15, 0.2) is 66.7 Å². The number of amides is 1. The molecule has 2 N–H and O–H groups in total. The molecule has 248 valence electrons. The SMILES string of the molecule is COc1ccc2c(c1)N(C)CCn1c-2c(C2CCCCC2)c2ccc(C(=O)NC3(C(=O)Cc4ccc(/C=C/C(=O)O)cc4)CCC3)cc21. The maximum Gasteiger partial charge on any atom is 0.328 e. The number of ether oxygens (including phenoxy) is 1. The first-order valence-electron chi connectivity index (χ1n) is 17.2. The van der Waals surface area contributed by atoms with Gasteiger partial charge in [-0.1, -0.05) is 49.6 Å². The predicted molar refractivity (Wildman–Crippen MR) is 189 cm³/mol. The number of nitrogens with zero attached hydrogens (tertiary/aromatic N) is 2. The maximum absolute atomic E-state index is 13.9. The van der Waals surface area contributed by atoms with Crippen LogP contribution in [-0.4, -0.2) is 53.6 Å². The van der Waals surface area contributed by atoms with Crippen LogP contribution in [0.5, 0.6) is 5.75 Å². The minimum absolute atomic E-state index is 0.00298. The smallest absolute Gasteiger partial charge is 0.328 e. The number of nitrogens with one attached hydrogen (secondary N) is 1. The second-order valence-corrected chi connectivity index (χ2v) is 13.7. The number of carbonyl (C=O) groups is 3. The van der Waals surface area contributed by atoms with E-state index in [1.54, 1.807) is 19.2 Å². The molecule has 3 aliphatic rings. The molecule has 0 radical (unpaired) electrons. The lowest BCUT2D eigenvalue weighted by molar-refractivity contribution is -0.131. The fourth-order valence-electron chi connectivity index (χ4n) is 7.93. The van der Waals surface area contributed by atoms with Gasteiger partial charge in [-0.15, -0.1) is 0 Å². The van der Waals surface area contributed by atoms with Crippen molar-refractivity contribution < 1.29 is 24.2 Å². The third kappa shape index (κ3) is 5.89. The summed E-state index contributed by atoms with van der Waals surface area (Å²) < 4.78 is 8.03. The van der Waals surface area contributed by atoms with Crippen molar-refractivity contribution >= 4 is 40.3 Å². The molecular formula is C40H43N3O5. The van der Waals surface area contributed by atoms with Crippen molar-refractivity contribution in [2.45, 2.75) is 75.8 Å². The maximum atomic E-state index is 13.9. The van der Waals surface area contributed by atoms with Gasteiger partial charge in [0.05, 0.1) is 18.3 Å². The second-order valence-electron chi connectivity index (χ2n) is 13.7. The van der Waals surface area contributed by atoms with Crippen LogP contribution in [0, 0.1) is 0 Å². The molecular weight excluding hydrogens is 602 g/mol. The van der Waals surface area contributed by atoms with Crippen LogP contribution in [0.1, 0.15) is 84.3 Å². The molecule has 2 heterocycles. The summed E-state index contributed by atoms with van der Waals surface area (Å²) in [6, 6.07) is 19.8. The Morgan fingerprint density at radius 3 is 2.42 bits per heavy atom. The number of hydrogen-bond acceptors (Lipinski definition) is 5. The van der Waals surface area contributed by atoms with Gasteiger partial charge in [0.15, 0.2) is 5.78 Å². The van der Waals surface area contributed by atoms with Crippen LogP contribution in [0.25, 0.3) is 28.2 Å². The van der Waals surface area contributed by atoms with E-state index in [4.69, 9.17) is 9.84 Å². The number of benzene rings is 3. The monoisotopic (exact) mass is 645 g/mol. The zero-order valence-electron chi connectivity index (χ0n) is 27.8. The zero-order valence-corrected chi connectivity index (χ0v) is 27.8. The molecule has 0 unspecified atom stereocenters. The van der Waals surface area contributed by atoms with Gasteiger partial charge in [-0.2, -0.15) is 0 Å². The van der Waals surface area contributed by atoms with Crippen molar-refractivity contribution in [3.05, 3.63) is 89.0 Å². The summed E-state index contributed by atoms with van der Waals surface area (Å²) in [5, 5.41) is 13.3. The summed E-state index contributed by atoms with van der Waals surface area (Å²) in [7, 11) is 3.84. The number of rotatable bonds is 9. The number of carboxylic acids is 1. The summed E-state index contributed by atoms with van der Waals surface area (Å²) in [4.78, 5) is 40.7. The van der Waals surface area contributed by atoms with E-state index in [9.17, 15) is 14.4 Å². The van der Waals surface area contributed by atoms with Crippen molar-refractivity contribution in [2.75, 3.05) is 25.6 Å². The molecule has 0 saturated heterocycles. The minimum Gasteiger partial charge on any atom is -0.497 e. The van der Waals surface area contributed by atoms with Gasteiger partial charge in [0.2, 0.25) is 0 Å². The quantitative estimate of drug-likeness (QED) is 0.184. The van der Waals surface area contributed by atoms with Crippen molar-refractivity contribution in [3.63, 3.8) is 0 Å². The largest absolute Gasteiger partial charge is 0.497 e. The molecule has 2 fully saturated rings. The normalized spacial score (nSPS) is 17.3. The molecule has 1 aliphatic heterocycles. The van der Waals surface area contributed by atoms with Crippen LogP contribution >= 0.6 is 0 Å². The Balaban J connectivity index is 1.20. The van der Waals surface area contributed by atoms with E-state index >= 15 is 0 Å². The fraction of sp³-hybridized carbons (Fsp3) is 0.375. The van der Waals surface area contributed by atoms with Crippen LogP contribution in [0.2, 0.25) is 0 Å². The lowest BCUT2D eigenvalue weighted by Gasteiger charge is -2.41. The summed E-state index contributed by atoms with van der Waals surface area (Å²) in [6.07, 6.45) is 11.0. The topological polar surface area (TPSA) is 101 Å². The Labute approximate surface area is 281 Å². The number of hydrogen-bond donors (Lipinski definition) is 2. The molecule has 0 spiro atoms.